The highest BCUT2D eigenvalue weighted by Gasteiger charge is 2.09. The van der Waals surface area contributed by atoms with E-state index >= 15 is 0 Å². The summed E-state index contributed by atoms with van der Waals surface area (Å²) >= 11 is 0. The molecule has 0 aromatic rings. The minimum Gasteiger partial charge on any atom is -0.283 e. The molecule has 0 amide bonds. The van der Waals surface area contributed by atoms with Crippen molar-refractivity contribution in [2.24, 2.45) is 0 Å². The minimum absolute atomic E-state index is 0.122. The van der Waals surface area contributed by atoms with E-state index < -0.39 is 0 Å². The number of nitrogens with one attached hydrogen (secondary N) is 1. The zero-order valence-electron chi connectivity index (χ0n) is 7.15. The molecule has 0 heterocycles. The maximum Gasteiger partial charge on any atom is 0.116 e. The van der Waals surface area contributed by atoms with Crippen molar-refractivity contribution >= 4 is 9.68 Å². The molecule has 0 unspecified atom stereocenters. The van der Waals surface area contributed by atoms with Crippen molar-refractivity contribution in [3.8, 4) is 0 Å². The number of hydrogen-bond acceptors (Lipinski definition) is 2. The molecular formula is C6H18N2Si. The summed E-state index contributed by atoms with van der Waals surface area (Å²) in [4.78, 5) is 0. The van der Waals surface area contributed by atoms with E-state index in [2.05, 4.69) is 25.9 Å². The molecule has 0 aromatic heterocycles. The third kappa shape index (κ3) is 8.14. The van der Waals surface area contributed by atoms with Gasteiger partial charge in [-0.1, -0.05) is 20.8 Å². The van der Waals surface area contributed by atoms with Gasteiger partial charge in [0.2, 0.25) is 0 Å². The zero-order valence-corrected chi connectivity index (χ0v) is 8.57. The summed E-state index contributed by atoms with van der Waals surface area (Å²) in [6, 6.07) is 0. The Morgan fingerprint density at radius 1 is 1.22 bits per heavy atom. The molecular weight excluding hydrogens is 128 g/mol. The summed E-state index contributed by atoms with van der Waals surface area (Å²) in [6.45, 7) is 6.82. The summed E-state index contributed by atoms with van der Waals surface area (Å²) in [5.41, 5.74) is 0. The van der Waals surface area contributed by atoms with Crippen LogP contribution in [-0.4, -0.2) is 28.8 Å². The Kier molecular flexibility index (Phi) is 3.39. The Hall–Kier alpha value is 0.137. The van der Waals surface area contributed by atoms with Gasteiger partial charge in [-0.05, 0) is 5.04 Å². The molecule has 1 N–H and O–H groups in total. The van der Waals surface area contributed by atoms with Crippen LogP contribution >= 0.6 is 0 Å². The van der Waals surface area contributed by atoms with E-state index in [1.165, 1.54) is 0 Å². The molecule has 0 saturated heterocycles. The standard InChI is InChI=1S/C6H18N2Si/c1-6(2,3)9-7-8(4)5/h7H,9H2,1-5H3. The maximum absolute atomic E-state index is 3.36. The van der Waals surface area contributed by atoms with Gasteiger partial charge in [0.25, 0.3) is 0 Å². The van der Waals surface area contributed by atoms with Gasteiger partial charge in [-0.2, -0.15) is 0 Å². The first-order valence-electron chi connectivity index (χ1n) is 3.33. The van der Waals surface area contributed by atoms with Gasteiger partial charge in [0.15, 0.2) is 0 Å². The highest BCUT2D eigenvalue weighted by atomic mass is 28.2. The lowest BCUT2D eigenvalue weighted by Gasteiger charge is -2.21. The summed E-state index contributed by atoms with van der Waals surface area (Å²) in [5, 5.41) is 5.91. The fraction of sp³-hybridized carbons (Fsp3) is 1.00. The average Bonchev–Trinajstić information content (AvgIpc) is 1.59. The Labute approximate surface area is 60.5 Å². The molecule has 0 aromatic carbocycles. The highest BCUT2D eigenvalue weighted by Crippen LogP contribution is 2.17. The van der Waals surface area contributed by atoms with Crippen molar-refractivity contribution in [1.82, 2.24) is 10.1 Å². The molecule has 0 aliphatic heterocycles. The zero-order chi connectivity index (χ0) is 7.49. The highest BCUT2D eigenvalue weighted by molar-refractivity contribution is 6.36. The van der Waals surface area contributed by atoms with Crippen LogP contribution in [0.2, 0.25) is 5.04 Å². The molecule has 0 fully saturated rings. The lowest BCUT2D eigenvalue weighted by atomic mass is 10.3. The van der Waals surface area contributed by atoms with Crippen LogP contribution in [0.25, 0.3) is 0 Å². The average molecular weight is 146 g/mol. The summed E-state index contributed by atoms with van der Waals surface area (Å²) in [5.74, 6) is 0. The number of nitrogens with zero attached hydrogens (tertiary/aromatic N) is 1. The van der Waals surface area contributed by atoms with Crippen LogP contribution in [0.1, 0.15) is 20.8 Å². The van der Waals surface area contributed by atoms with Gasteiger partial charge < -0.3 is 0 Å². The smallest absolute Gasteiger partial charge is 0.116 e. The summed E-state index contributed by atoms with van der Waals surface area (Å²) in [7, 11) is 3.96. The molecule has 0 radical (unpaired) electrons. The Morgan fingerprint density at radius 3 is 1.78 bits per heavy atom. The van der Waals surface area contributed by atoms with Gasteiger partial charge in [0.1, 0.15) is 9.68 Å². The normalized spacial score (nSPS) is 14.0. The first-order valence-corrected chi connectivity index (χ1v) is 4.74. The second-order valence-corrected chi connectivity index (χ2v) is 6.58. The third-order valence-electron chi connectivity index (χ3n) is 0.926. The molecule has 0 aliphatic rings. The van der Waals surface area contributed by atoms with Crippen molar-refractivity contribution in [2.45, 2.75) is 25.8 Å². The Balaban J connectivity index is 3.28. The predicted molar refractivity (Wildman–Crippen MR) is 45.1 cm³/mol. The van der Waals surface area contributed by atoms with E-state index in [9.17, 15) is 0 Å². The molecule has 0 saturated carbocycles. The van der Waals surface area contributed by atoms with E-state index in [0.29, 0.717) is 5.04 Å². The van der Waals surface area contributed by atoms with Crippen molar-refractivity contribution in [2.75, 3.05) is 14.1 Å². The van der Waals surface area contributed by atoms with E-state index in [1.54, 1.807) is 0 Å². The fourth-order valence-corrected chi connectivity index (χ4v) is 1.19. The topological polar surface area (TPSA) is 15.3 Å². The number of hydrazine groups is 1. The van der Waals surface area contributed by atoms with Crippen LogP contribution in [0.5, 0.6) is 0 Å². The van der Waals surface area contributed by atoms with Crippen LogP contribution in [0.4, 0.5) is 0 Å². The lowest BCUT2D eigenvalue weighted by molar-refractivity contribution is 0.367. The molecule has 0 aliphatic carbocycles. The summed E-state index contributed by atoms with van der Waals surface area (Å²) in [6.07, 6.45) is 0. The molecule has 0 atom stereocenters. The maximum atomic E-state index is 3.36. The van der Waals surface area contributed by atoms with Crippen LogP contribution in [0.15, 0.2) is 0 Å². The predicted octanol–water partition coefficient (Wildman–Crippen LogP) is 0.355. The van der Waals surface area contributed by atoms with E-state index in [-0.39, 0.29) is 9.68 Å². The lowest BCUT2D eigenvalue weighted by Crippen LogP contribution is -2.37. The number of rotatable bonds is 2. The molecule has 0 rings (SSSR count). The molecule has 0 spiro atoms. The second-order valence-electron chi connectivity index (χ2n) is 3.79. The first-order chi connectivity index (χ1) is 3.92. The van der Waals surface area contributed by atoms with Gasteiger partial charge in [-0.3, -0.25) is 10.1 Å². The van der Waals surface area contributed by atoms with Crippen molar-refractivity contribution in [1.29, 1.82) is 0 Å². The first kappa shape index (κ1) is 9.14. The van der Waals surface area contributed by atoms with E-state index in [4.69, 9.17) is 0 Å². The molecule has 56 valence electrons. The molecule has 2 nitrogen and oxygen atoms in total. The van der Waals surface area contributed by atoms with Gasteiger partial charge in [-0.15, -0.1) is 0 Å². The SMILES string of the molecule is CN(C)N[SiH2]C(C)(C)C. The van der Waals surface area contributed by atoms with Crippen LogP contribution in [0.3, 0.4) is 0 Å². The van der Waals surface area contributed by atoms with Gasteiger partial charge in [0, 0.05) is 14.1 Å². The Morgan fingerprint density at radius 2 is 1.67 bits per heavy atom. The number of hydrogen-bond donors (Lipinski definition) is 1. The molecule has 3 heteroatoms. The molecule has 9 heavy (non-hydrogen) atoms. The van der Waals surface area contributed by atoms with Crippen LogP contribution in [-0.2, 0) is 0 Å². The van der Waals surface area contributed by atoms with Crippen molar-refractivity contribution < 1.29 is 0 Å². The van der Waals surface area contributed by atoms with Gasteiger partial charge >= 0.3 is 0 Å². The van der Waals surface area contributed by atoms with Crippen molar-refractivity contribution in [3.63, 3.8) is 0 Å². The quantitative estimate of drug-likeness (QED) is 0.447. The Bertz CT molecular complexity index is 75.6. The van der Waals surface area contributed by atoms with E-state index in [0.717, 1.165) is 0 Å². The monoisotopic (exact) mass is 146 g/mol. The fourth-order valence-electron chi connectivity index (χ4n) is 0.395. The van der Waals surface area contributed by atoms with Gasteiger partial charge in [0.05, 0.1) is 0 Å². The second kappa shape index (κ2) is 3.34. The van der Waals surface area contributed by atoms with Gasteiger partial charge in [-0.25, -0.2) is 0 Å². The minimum atomic E-state index is -0.122. The molecule has 0 bridgehead atoms. The largest absolute Gasteiger partial charge is 0.283 e. The van der Waals surface area contributed by atoms with Crippen molar-refractivity contribution in [3.05, 3.63) is 0 Å². The summed E-state index contributed by atoms with van der Waals surface area (Å²) < 4.78 is 0. The van der Waals surface area contributed by atoms with Crippen LogP contribution < -0.4 is 5.09 Å². The van der Waals surface area contributed by atoms with E-state index in [1.807, 2.05) is 19.1 Å². The third-order valence-corrected chi connectivity index (χ3v) is 2.78. The van der Waals surface area contributed by atoms with Crippen LogP contribution in [0, 0.1) is 0 Å².